The largest absolute Gasteiger partial charge is 0.482 e. The molecule has 1 aromatic carbocycles. The minimum atomic E-state index is -0.534. The van der Waals surface area contributed by atoms with Crippen molar-refractivity contribution in [2.24, 2.45) is 0 Å². The normalized spacial score (nSPS) is 11.8. The fourth-order valence-corrected chi connectivity index (χ4v) is 1.94. The average molecular weight is 351 g/mol. The van der Waals surface area contributed by atoms with Crippen LogP contribution in [-0.2, 0) is 25.6 Å². The maximum Gasteiger partial charge on any atom is 0.344 e. The number of benzene rings is 1. The van der Waals surface area contributed by atoms with E-state index in [0.717, 1.165) is 5.56 Å². The highest BCUT2D eigenvalue weighted by molar-refractivity contribution is 5.72. The van der Waals surface area contributed by atoms with Crippen molar-refractivity contribution < 1.29 is 23.8 Å². The molecule has 0 atom stereocenters. The third-order valence-corrected chi connectivity index (χ3v) is 2.69. The van der Waals surface area contributed by atoms with E-state index in [4.69, 9.17) is 14.2 Å². The second-order valence-corrected chi connectivity index (χ2v) is 7.71. The average Bonchev–Trinajstić information content (AvgIpc) is 2.42. The molecule has 0 saturated carbocycles. The Kier molecular flexibility index (Phi) is 7.42. The molecule has 0 heterocycles. The predicted molar refractivity (Wildman–Crippen MR) is 95.3 cm³/mol. The molecule has 140 valence electrons. The van der Waals surface area contributed by atoms with Crippen molar-refractivity contribution in [2.75, 3.05) is 13.2 Å². The molecule has 25 heavy (non-hydrogen) atoms. The lowest BCUT2D eigenvalue weighted by molar-refractivity contribution is -0.157. The molecule has 1 aromatic rings. The molecule has 0 aliphatic carbocycles. The van der Waals surface area contributed by atoms with Gasteiger partial charge in [-0.05, 0) is 59.2 Å². The van der Waals surface area contributed by atoms with E-state index in [2.05, 4.69) is 5.32 Å². The topological polar surface area (TPSA) is 73.9 Å². The minimum absolute atomic E-state index is 0.125. The van der Waals surface area contributed by atoms with Crippen LogP contribution in [0, 0.1) is 0 Å². The summed E-state index contributed by atoms with van der Waals surface area (Å²) in [6.45, 7) is 11.4. The van der Waals surface area contributed by atoms with Crippen molar-refractivity contribution in [3.8, 4) is 5.75 Å². The van der Waals surface area contributed by atoms with Crippen LogP contribution in [0.5, 0.6) is 5.75 Å². The molecule has 0 saturated heterocycles. The lowest BCUT2D eigenvalue weighted by Gasteiger charge is -2.20. The molecule has 0 radical (unpaired) electrons. The van der Waals surface area contributed by atoms with Gasteiger partial charge < -0.3 is 19.5 Å². The summed E-state index contributed by atoms with van der Waals surface area (Å²) in [6.07, 6.45) is 0. The van der Waals surface area contributed by atoms with E-state index < -0.39 is 17.2 Å². The number of carbonyl (C=O) groups is 2. The van der Waals surface area contributed by atoms with E-state index in [1.165, 1.54) is 0 Å². The Hall–Kier alpha value is -2.08. The van der Waals surface area contributed by atoms with Crippen LogP contribution in [0.1, 0.15) is 47.1 Å². The Morgan fingerprint density at radius 1 is 0.960 bits per heavy atom. The molecule has 0 bridgehead atoms. The van der Waals surface area contributed by atoms with Crippen molar-refractivity contribution in [2.45, 2.75) is 59.3 Å². The molecule has 1 N–H and O–H groups in total. The van der Waals surface area contributed by atoms with Gasteiger partial charge in [0.25, 0.3) is 0 Å². The number of hydrogen-bond donors (Lipinski definition) is 1. The van der Waals surface area contributed by atoms with Gasteiger partial charge in [-0.25, -0.2) is 4.79 Å². The van der Waals surface area contributed by atoms with Crippen LogP contribution in [-0.4, -0.2) is 36.3 Å². The molecule has 6 heteroatoms. The van der Waals surface area contributed by atoms with Crippen molar-refractivity contribution in [3.05, 3.63) is 29.8 Å². The summed E-state index contributed by atoms with van der Waals surface area (Å²) in [4.78, 5) is 23.3. The van der Waals surface area contributed by atoms with Crippen LogP contribution in [0.4, 0.5) is 0 Å². The SMILES string of the molecule is CC(C)(C)OC(=O)CNCc1cccc(OCC(=O)OC(C)(C)C)c1. The molecule has 0 aliphatic heterocycles. The van der Waals surface area contributed by atoms with E-state index in [9.17, 15) is 9.59 Å². The zero-order valence-electron chi connectivity index (χ0n) is 16.0. The third kappa shape index (κ3) is 10.4. The van der Waals surface area contributed by atoms with E-state index in [-0.39, 0.29) is 19.1 Å². The van der Waals surface area contributed by atoms with Crippen LogP contribution in [0.2, 0.25) is 0 Å². The quantitative estimate of drug-likeness (QED) is 0.762. The van der Waals surface area contributed by atoms with E-state index in [1.54, 1.807) is 6.07 Å². The highest BCUT2D eigenvalue weighted by Gasteiger charge is 2.17. The lowest BCUT2D eigenvalue weighted by atomic mass is 10.2. The van der Waals surface area contributed by atoms with Gasteiger partial charge in [-0.2, -0.15) is 0 Å². The molecular formula is C19H29NO5. The summed E-state index contributed by atoms with van der Waals surface area (Å²) < 4.78 is 15.9. The van der Waals surface area contributed by atoms with Crippen LogP contribution in [0.3, 0.4) is 0 Å². The van der Waals surface area contributed by atoms with Gasteiger partial charge in [0.05, 0.1) is 6.54 Å². The van der Waals surface area contributed by atoms with Gasteiger partial charge in [-0.1, -0.05) is 12.1 Å². The zero-order valence-corrected chi connectivity index (χ0v) is 16.0. The minimum Gasteiger partial charge on any atom is -0.482 e. The molecule has 0 spiro atoms. The van der Waals surface area contributed by atoms with E-state index in [0.29, 0.717) is 12.3 Å². The highest BCUT2D eigenvalue weighted by Crippen LogP contribution is 2.14. The number of ether oxygens (including phenoxy) is 3. The zero-order chi connectivity index (χ0) is 19.1. The Morgan fingerprint density at radius 3 is 2.16 bits per heavy atom. The second kappa shape index (κ2) is 8.85. The summed E-state index contributed by atoms with van der Waals surface area (Å²) >= 11 is 0. The first-order valence-electron chi connectivity index (χ1n) is 8.31. The predicted octanol–water partition coefficient (Wildman–Crippen LogP) is 2.84. The molecule has 1 rings (SSSR count). The van der Waals surface area contributed by atoms with Gasteiger partial charge in [-0.3, -0.25) is 4.79 Å². The summed E-state index contributed by atoms with van der Waals surface area (Å²) in [6, 6.07) is 7.31. The Labute approximate surface area is 149 Å². The molecule has 0 amide bonds. The summed E-state index contributed by atoms with van der Waals surface area (Å²) in [5.41, 5.74) is -0.0903. The van der Waals surface area contributed by atoms with Gasteiger partial charge in [-0.15, -0.1) is 0 Å². The number of hydrogen-bond acceptors (Lipinski definition) is 6. The van der Waals surface area contributed by atoms with E-state index in [1.807, 2.05) is 59.7 Å². The first kappa shape index (κ1) is 21.0. The fourth-order valence-electron chi connectivity index (χ4n) is 1.94. The number of nitrogens with one attached hydrogen (secondary N) is 1. The van der Waals surface area contributed by atoms with Crippen LogP contribution >= 0.6 is 0 Å². The van der Waals surface area contributed by atoms with Gasteiger partial charge in [0.2, 0.25) is 0 Å². The number of esters is 2. The molecular weight excluding hydrogens is 322 g/mol. The van der Waals surface area contributed by atoms with Gasteiger partial charge in [0, 0.05) is 6.54 Å². The monoisotopic (exact) mass is 351 g/mol. The van der Waals surface area contributed by atoms with Crippen molar-refractivity contribution >= 4 is 11.9 Å². The lowest BCUT2D eigenvalue weighted by Crippen LogP contribution is -2.31. The van der Waals surface area contributed by atoms with Crippen molar-refractivity contribution in [1.29, 1.82) is 0 Å². The third-order valence-electron chi connectivity index (χ3n) is 2.69. The maximum atomic E-state index is 11.7. The van der Waals surface area contributed by atoms with E-state index >= 15 is 0 Å². The van der Waals surface area contributed by atoms with Crippen LogP contribution in [0.25, 0.3) is 0 Å². The molecule has 0 aliphatic rings. The van der Waals surface area contributed by atoms with Gasteiger partial charge in [0.1, 0.15) is 17.0 Å². The first-order valence-corrected chi connectivity index (χ1v) is 8.31. The summed E-state index contributed by atoms with van der Waals surface area (Å²) in [7, 11) is 0. The first-order chi connectivity index (χ1) is 11.4. The standard InChI is InChI=1S/C19H29NO5/c1-18(2,3)24-16(21)12-20-11-14-8-7-9-15(10-14)23-13-17(22)25-19(4,5)6/h7-10,20H,11-13H2,1-6H3. The summed E-state index contributed by atoms with van der Waals surface area (Å²) in [5, 5.41) is 3.03. The Bertz CT molecular complexity index is 584. The molecule has 0 fully saturated rings. The smallest absolute Gasteiger partial charge is 0.344 e. The number of carbonyl (C=O) groups excluding carboxylic acids is 2. The van der Waals surface area contributed by atoms with Crippen molar-refractivity contribution in [3.63, 3.8) is 0 Å². The molecule has 6 nitrogen and oxygen atoms in total. The van der Waals surface area contributed by atoms with Crippen LogP contribution in [0.15, 0.2) is 24.3 Å². The Morgan fingerprint density at radius 2 is 1.56 bits per heavy atom. The number of rotatable bonds is 7. The summed E-state index contributed by atoms with van der Waals surface area (Å²) in [5.74, 6) is -0.145. The van der Waals surface area contributed by atoms with Gasteiger partial charge in [0.15, 0.2) is 6.61 Å². The highest BCUT2D eigenvalue weighted by atomic mass is 16.6. The van der Waals surface area contributed by atoms with Gasteiger partial charge >= 0.3 is 11.9 Å². The molecule has 0 unspecified atom stereocenters. The maximum absolute atomic E-state index is 11.7. The van der Waals surface area contributed by atoms with Crippen LogP contribution < -0.4 is 10.1 Å². The second-order valence-electron chi connectivity index (χ2n) is 7.71. The Balaban J connectivity index is 2.42. The van der Waals surface area contributed by atoms with Crippen molar-refractivity contribution in [1.82, 2.24) is 5.32 Å². The fraction of sp³-hybridized carbons (Fsp3) is 0.579. The molecule has 0 aromatic heterocycles.